The Labute approximate surface area is 96.6 Å². The van der Waals surface area contributed by atoms with Gasteiger partial charge in [-0.3, -0.25) is 0 Å². The normalized spacial score (nSPS) is 10.4. The van der Waals surface area contributed by atoms with E-state index in [1.807, 2.05) is 19.1 Å². The fraction of sp³-hybridized carbons (Fsp3) is 0.500. The molecule has 3 heteroatoms. The molecule has 0 saturated carbocycles. The van der Waals surface area contributed by atoms with E-state index in [-0.39, 0.29) is 0 Å². The van der Waals surface area contributed by atoms with E-state index in [2.05, 4.69) is 12.2 Å². The van der Waals surface area contributed by atoms with Crippen molar-refractivity contribution >= 4 is 11.6 Å². The number of halogens is 1. The van der Waals surface area contributed by atoms with Crippen molar-refractivity contribution in [2.75, 3.05) is 13.7 Å². The molecule has 0 atom stereocenters. The van der Waals surface area contributed by atoms with Crippen LogP contribution in [0.5, 0.6) is 5.75 Å². The van der Waals surface area contributed by atoms with Crippen LogP contribution < -0.4 is 10.1 Å². The third kappa shape index (κ3) is 3.40. The first-order valence-corrected chi connectivity index (χ1v) is 5.60. The van der Waals surface area contributed by atoms with E-state index in [9.17, 15) is 0 Å². The second-order valence-electron chi connectivity index (χ2n) is 3.59. The number of hydrogen-bond donors (Lipinski definition) is 1. The number of hydrogen-bond acceptors (Lipinski definition) is 2. The quantitative estimate of drug-likeness (QED) is 0.781. The number of ether oxygens (including phenoxy) is 1. The zero-order valence-electron chi connectivity index (χ0n) is 9.56. The molecule has 84 valence electrons. The smallest absolute Gasteiger partial charge is 0.123 e. The van der Waals surface area contributed by atoms with Crippen LogP contribution in [0.4, 0.5) is 0 Å². The summed E-state index contributed by atoms with van der Waals surface area (Å²) < 4.78 is 5.31. The Morgan fingerprint density at radius 2 is 2.13 bits per heavy atom. The van der Waals surface area contributed by atoms with E-state index in [0.717, 1.165) is 41.4 Å². The molecule has 0 amide bonds. The van der Waals surface area contributed by atoms with E-state index in [4.69, 9.17) is 16.3 Å². The minimum atomic E-state index is 0.795. The van der Waals surface area contributed by atoms with Gasteiger partial charge in [0.1, 0.15) is 5.75 Å². The average Bonchev–Trinajstić information content (AvgIpc) is 2.23. The second-order valence-corrected chi connectivity index (χ2v) is 4.00. The third-order valence-corrected chi connectivity index (χ3v) is 2.71. The van der Waals surface area contributed by atoms with Crippen molar-refractivity contribution in [3.05, 3.63) is 28.3 Å². The van der Waals surface area contributed by atoms with Gasteiger partial charge in [-0.05, 0) is 37.6 Å². The molecule has 15 heavy (non-hydrogen) atoms. The second kappa shape index (κ2) is 5.99. The maximum Gasteiger partial charge on any atom is 0.123 e. The lowest BCUT2D eigenvalue weighted by atomic mass is 10.1. The molecule has 0 heterocycles. The molecule has 0 unspecified atom stereocenters. The van der Waals surface area contributed by atoms with Gasteiger partial charge in [-0.15, -0.1) is 0 Å². The molecule has 1 aromatic carbocycles. The Hall–Kier alpha value is -0.730. The Kier molecular flexibility index (Phi) is 4.92. The number of nitrogens with one attached hydrogen (secondary N) is 1. The highest BCUT2D eigenvalue weighted by molar-refractivity contribution is 6.31. The number of rotatable bonds is 5. The summed E-state index contributed by atoms with van der Waals surface area (Å²) >= 11 is 6.07. The summed E-state index contributed by atoms with van der Waals surface area (Å²) in [6, 6.07) is 3.95. The fourth-order valence-electron chi connectivity index (χ4n) is 1.42. The molecule has 0 fully saturated rings. The van der Waals surface area contributed by atoms with Crippen molar-refractivity contribution in [1.29, 1.82) is 0 Å². The van der Waals surface area contributed by atoms with E-state index >= 15 is 0 Å². The molecular weight excluding hydrogens is 210 g/mol. The molecule has 1 aromatic rings. The number of benzene rings is 1. The van der Waals surface area contributed by atoms with Crippen LogP contribution in [0.3, 0.4) is 0 Å². The Morgan fingerprint density at radius 3 is 2.73 bits per heavy atom. The first kappa shape index (κ1) is 12.3. The molecule has 2 nitrogen and oxygen atoms in total. The standard InChI is InChI=1S/C12H18ClNO/c1-4-5-14-8-10-7-11(13)9(2)6-12(10)15-3/h6-7,14H,4-5,8H2,1-3H3. The highest BCUT2D eigenvalue weighted by atomic mass is 35.5. The van der Waals surface area contributed by atoms with Crippen molar-refractivity contribution in [2.45, 2.75) is 26.8 Å². The highest BCUT2D eigenvalue weighted by Gasteiger charge is 2.06. The summed E-state index contributed by atoms with van der Waals surface area (Å²) in [5.74, 6) is 0.903. The molecule has 0 spiro atoms. The minimum Gasteiger partial charge on any atom is -0.496 e. The number of methoxy groups -OCH3 is 1. The van der Waals surface area contributed by atoms with Gasteiger partial charge in [0.2, 0.25) is 0 Å². The van der Waals surface area contributed by atoms with E-state index in [0.29, 0.717) is 0 Å². The first-order chi connectivity index (χ1) is 7.19. The van der Waals surface area contributed by atoms with Gasteiger partial charge in [0, 0.05) is 17.1 Å². The van der Waals surface area contributed by atoms with Crippen LogP contribution in [0.1, 0.15) is 24.5 Å². The molecule has 0 aromatic heterocycles. The van der Waals surface area contributed by atoms with E-state index in [1.165, 1.54) is 0 Å². The van der Waals surface area contributed by atoms with Gasteiger partial charge in [-0.2, -0.15) is 0 Å². The zero-order chi connectivity index (χ0) is 11.3. The van der Waals surface area contributed by atoms with Gasteiger partial charge < -0.3 is 10.1 Å². The van der Waals surface area contributed by atoms with Gasteiger partial charge in [0.15, 0.2) is 0 Å². The largest absolute Gasteiger partial charge is 0.496 e. The van der Waals surface area contributed by atoms with Crippen LogP contribution in [0.25, 0.3) is 0 Å². The van der Waals surface area contributed by atoms with Crippen LogP contribution in [0.15, 0.2) is 12.1 Å². The lowest BCUT2D eigenvalue weighted by molar-refractivity contribution is 0.407. The summed E-state index contributed by atoms with van der Waals surface area (Å²) in [4.78, 5) is 0. The summed E-state index contributed by atoms with van der Waals surface area (Å²) in [5.41, 5.74) is 2.16. The van der Waals surface area contributed by atoms with Gasteiger partial charge in [-0.25, -0.2) is 0 Å². The predicted molar refractivity (Wildman–Crippen MR) is 64.7 cm³/mol. The lowest BCUT2D eigenvalue weighted by Crippen LogP contribution is -2.14. The molecule has 0 aliphatic rings. The monoisotopic (exact) mass is 227 g/mol. The van der Waals surface area contributed by atoms with Crippen molar-refractivity contribution in [2.24, 2.45) is 0 Å². The van der Waals surface area contributed by atoms with Crippen molar-refractivity contribution < 1.29 is 4.74 Å². The topological polar surface area (TPSA) is 21.3 Å². The lowest BCUT2D eigenvalue weighted by Gasteiger charge is -2.11. The first-order valence-electron chi connectivity index (χ1n) is 5.22. The van der Waals surface area contributed by atoms with Crippen LogP contribution >= 0.6 is 11.6 Å². The maximum absolute atomic E-state index is 6.07. The van der Waals surface area contributed by atoms with Crippen molar-refractivity contribution in [3.63, 3.8) is 0 Å². The summed E-state index contributed by atoms with van der Waals surface area (Å²) in [6.07, 6.45) is 1.13. The predicted octanol–water partition coefficient (Wildman–Crippen LogP) is 3.16. The van der Waals surface area contributed by atoms with Crippen LogP contribution in [-0.2, 0) is 6.54 Å². The summed E-state index contributed by atoms with van der Waals surface area (Å²) in [5, 5.41) is 4.13. The van der Waals surface area contributed by atoms with Gasteiger partial charge in [0.25, 0.3) is 0 Å². The zero-order valence-corrected chi connectivity index (χ0v) is 10.3. The molecule has 0 aliphatic heterocycles. The number of aryl methyl sites for hydroxylation is 1. The maximum atomic E-state index is 6.07. The Morgan fingerprint density at radius 1 is 1.40 bits per heavy atom. The van der Waals surface area contributed by atoms with E-state index in [1.54, 1.807) is 7.11 Å². The summed E-state index contributed by atoms with van der Waals surface area (Å²) in [7, 11) is 1.69. The average molecular weight is 228 g/mol. The molecule has 0 bridgehead atoms. The van der Waals surface area contributed by atoms with Gasteiger partial charge >= 0.3 is 0 Å². The Balaban J connectivity index is 2.80. The van der Waals surface area contributed by atoms with E-state index < -0.39 is 0 Å². The molecule has 0 radical (unpaired) electrons. The van der Waals surface area contributed by atoms with Crippen molar-refractivity contribution in [1.82, 2.24) is 5.32 Å². The minimum absolute atomic E-state index is 0.795. The third-order valence-electron chi connectivity index (χ3n) is 2.30. The van der Waals surface area contributed by atoms with Crippen LogP contribution in [-0.4, -0.2) is 13.7 Å². The summed E-state index contributed by atoms with van der Waals surface area (Å²) in [6.45, 7) is 5.94. The molecule has 0 aliphatic carbocycles. The van der Waals surface area contributed by atoms with Crippen molar-refractivity contribution in [3.8, 4) is 5.75 Å². The molecule has 1 rings (SSSR count). The van der Waals surface area contributed by atoms with Gasteiger partial charge in [0.05, 0.1) is 7.11 Å². The SMILES string of the molecule is CCCNCc1cc(Cl)c(C)cc1OC. The Bertz CT molecular complexity index is 326. The molecule has 0 saturated heterocycles. The molecular formula is C12H18ClNO. The van der Waals surface area contributed by atoms with Crippen LogP contribution in [0, 0.1) is 6.92 Å². The van der Waals surface area contributed by atoms with Gasteiger partial charge in [-0.1, -0.05) is 18.5 Å². The highest BCUT2D eigenvalue weighted by Crippen LogP contribution is 2.26. The van der Waals surface area contributed by atoms with Crippen LogP contribution in [0.2, 0.25) is 5.02 Å². The molecule has 1 N–H and O–H groups in total. The fourth-order valence-corrected chi connectivity index (χ4v) is 1.61.